The number of alkyl halides is 3. The molecule has 2 aliphatic rings. The van der Waals surface area contributed by atoms with Crippen LogP contribution >= 0.6 is 23.4 Å². The third-order valence-electron chi connectivity index (χ3n) is 7.89. The molecular formula is C32H25ClF3N3O5S. The molecule has 4 aromatic rings. The van der Waals surface area contributed by atoms with Gasteiger partial charge >= 0.3 is 12.1 Å². The van der Waals surface area contributed by atoms with Crippen molar-refractivity contribution >= 4 is 35.2 Å². The van der Waals surface area contributed by atoms with Crippen molar-refractivity contribution in [3.63, 3.8) is 0 Å². The van der Waals surface area contributed by atoms with Gasteiger partial charge in [0.25, 0.3) is 5.91 Å². The molecule has 3 aromatic carbocycles. The zero-order chi connectivity index (χ0) is 32.0. The number of hydrogen-bond donors (Lipinski definition) is 1. The molecule has 0 spiro atoms. The van der Waals surface area contributed by atoms with Crippen LogP contribution < -0.4 is 15.2 Å². The fourth-order valence-electron chi connectivity index (χ4n) is 5.57. The van der Waals surface area contributed by atoms with Crippen LogP contribution in [0.4, 0.5) is 13.2 Å². The molecule has 13 heteroatoms. The van der Waals surface area contributed by atoms with Crippen LogP contribution in [0.3, 0.4) is 0 Å². The molecule has 2 aliphatic heterocycles. The Morgan fingerprint density at radius 2 is 1.78 bits per heavy atom. The van der Waals surface area contributed by atoms with Gasteiger partial charge in [-0.1, -0.05) is 72.3 Å². The van der Waals surface area contributed by atoms with Gasteiger partial charge in [-0.15, -0.1) is 11.8 Å². The Hall–Kier alpha value is -4.42. The Kier molecular flexibility index (Phi) is 8.04. The number of thioether (sulfide) groups is 1. The molecule has 45 heavy (non-hydrogen) atoms. The van der Waals surface area contributed by atoms with Gasteiger partial charge in [0, 0.05) is 27.4 Å². The number of nitrogens with zero attached hydrogens (tertiary/aromatic N) is 3. The lowest BCUT2D eigenvalue weighted by Gasteiger charge is -2.46. The molecular weight excluding hydrogens is 631 g/mol. The second-order valence-electron chi connectivity index (χ2n) is 10.6. The highest BCUT2D eigenvalue weighted by atomic mass is 35.5. The first-order valence-electron chi connectivity index (χ1n) is 13.8. The van der Waals surface area contributed by atoms with E-state index in [1.54, 1.807) is 48.5 Å². The topological polar surface area (TPSA) is 92.1 Å². The van der Waals surface area contributed by atoms with Gasteiger partial charge in [-0.3, -0.25) is 19.3 Å². The van der Waals surface area contributed by atoms with Crippen LogP contribution in [0.15, 0.2) is 88.7 Å². The number of pyridine rings is 1. The summed E-state index contributed by atoms with van der Waals surface area (Å²) in [5.41, 5.74) is 0.291. The normalized spacial score (nSPS) is 16.7. The number of benzene rings is 3. The summed E-state index contributed by atoms with van der Waals surface area (Å²) in [5.74, 6) is -2.89. The Morgan fingerprint density at radius 1 is 1.07 bits per heavy atom. The summed E-state index contributed by atoms with van der Waals surface area (Å²) in [6.07, 6.45) is -3.84. The summed E-state index contributed by atoms with van der Waals surface area (Å²) < 4.78 is 49.8. The molecule has 2 atom stereocenters. The van der Waals surface area contributed by atoms with Crippen LogP contribution in [-0.4, -0.2) is 45.4 Å². The summed E-state index contributed by atoms with van der Waals surface area (Å²) in [7, 11) is 0. The lowest BCUT2D eigenvalue weighted by Crippen LogP contribution is -2.60. The van der Waals surface area contributed by atoms with Crippen LogP contribution in [0.2, 0.25) is 5.02 Å². The predicted octanol–water partition coefficient (Wildman–Crippen LogP) is 6.48. The Bertz CT molecular complexity index is 1870. The summed E-state index contributed by atoms with van der Waals surface area (Å²) in [6.45, 7) is 0.00446. The lowest BCUT2D eigenvalue weighted by atomic mass is 9.94. The number of fused-ring (bicyclic) bond motifs is 3. The lowest BCUT2D eigenvalue weighted by molar-refractivity contribution is -0.173. The first-order valence-corrected chi connectivity index (χ1v) is 15.2. The number of amides is 1. The number of halogens is 4. The Labute approximate surface area is 264 Å². The zero-order valence-corrected chi connectivity index (χ0v) is 25.2. The third-order valence-corrected chi connectivity index (χ3v) is 9.36. The van der Waals surface area contributed by atoms with Crippen LogP contribution in [0.25, 0.3) is 0 Å². The summed E-state index contributed by atoms with van der Waals surface area (Å²) in [5, 5.41) is 11.8. The van der Waals surface area contributed by atoms with Gasteiger partial charge in [0.1, 0.15) is 30.9 Å². The second-order valence-corrected chi connectivity index (χ2v) is 12.0. The zero-order valence-electron chi connectivity index (χ0n) is 23.6. The summed E-state index contributed by atoms with van der Waals surface area (Å²) in [6, 6.07) is 18.0. The second kappa shape index (κ2) is 11.8. The predicted molar refractivity (Wildman–Crippen MR) is 163 cm³/mol. The number of carboxylic acid groups (broad SMARTS) is 1. The van der Waals surface area contributed by atoms with Gasteiger partial charge in [-0.05, 0) is 35.7 Å². The van der Waals surface area contributed by atoms with E-state index in [9.17, 15) is 32.7 Å². The monoisotopic (exact) mass is 655 g/mol. The smallest absolute Gasteiger partial charge is 0.408 e. The van der Waals surface area contributed by atoms with Gasteiger partial charge in [0.15, 0.2) is 11.4 Å². The van der Waals surface area contributed by atoms with Gasteiger partial charge in [0.2, 0.25) is 5.43 Å². The first kappa shape index (κ1) is 30.6. The van der Waals surface area contributed by atoms with Gasteiger partial charge in [0.05, 0.1) is 0 Å². The number of carboxylic acids is 1. The molecule has 8 nitrogen and oxygen atoms in total. The standard InChI is InChI=1S/C32H25ClF3N3O5S/c1-18(32(34,35)36)37-17-39(26-21-11-5-6-13-24(21)45-16-20-10-7-12-23(33)25(20)26)38-14-22(31(42)43)28(40)29(27(38)30(37)41)44-15-19-8-3-2-4-9-19/h2-14,18,26H,15-17H2,1H3,(H,42,43)/t18-,26-/m1/s1. The molecule has 0 saturated carbocycles. The van der Waals surface area contributed by atoms with E-state index in [0.29, 0.717) is 32.4 Å². The van der Waals surface area contributed by atoms with E-state index in [4.69, 9.17) is 16.3 Å². The molecule has 3 heterocycles. The maximum Gasteiger partial charge on any atom is 0.408 e. The maximum atomic E-state index is 14.3. The van der Waals surface area contributed by atoms with Gasteiger partial charge < -0.3 is 14.7 Å². The van der Waals surface area contributed by atoms with Crippen molar-refractivity contribution in [3.05, 3.63) is 128 Å². The fraction of sp³-hybridized carbons (Fsp3) is 0.219. The minimum absolute atomic E-state index is 0.244. The quantitative estimate of drug-likeness (QED) is 0.254. The van der Waals surface area contributed by atoms with Gasteiger partial charge in [-0.2, -0.15) is 13.2 Å². The number of aromatic carboxylic acids is 1. The fourth-order valence-corrected chi connectivity index (χ4v) is 6.95. The molecule has 0 saturated heterocycles. The van der Waals surface area contributed by atoms with Crippen molar-refractivity contribution in [2.24, 2.45) is 0 Å². The minimum Gasteiger partial charge on any atom is -0.482 e. The van der Waals surface area contributed by atoms with Crippen molar-refractivity contribution in [2.75, 3.05) is 11.7 Å². The van der Waals surface area contributed by atoms with E-state index in [-0.39, 0.29) is 6.61 Å². The number of aromatic nitrogens is 1. The SMILES string of the molecule is C[C@@H](N1CN([C@@H]2c3ccccc3SCc3cccc(Cl)c32)n2cc(C(=O)O)c(=O)c(OCc3ccccc3)c2C1=O)C(F)(F)F. The number of ether oxygens (including phenoxy) is 1. The van der Waals surface area contributed by atoms with E-state index in [0.717, 1.165) is 28.3 Å². The Balaban J connectivity index is 1.65. The highest BCUT2D eigenvalue weighted by Crippen LogP contribution is 2.46. The molecule has 0 unspecified atom stereocenters. The Morgan fingerprint density at radius 3 is 2.49 bits per heavy atom. The number of hydrogen-bond acceptors (Lipinski definition) is 6. The number of carbonyl (C=O) groups excluding carboxylic acids is 1. The summed E-state index contributed by atoms with van der Waals surface area (Å²) >= 11 is 8.32. The number of rotatable bonds is 6. The molecule has 0 fully saturated rings. The molecule has 0 bridgehead atoms. The highest BCUT2D eigenvalue weighted by molar-refractivity contribution is 7.98. The van der Waals surface area contributed by atoms with Crippen molar-refractivity contribution in [2.45, 2.75) is 42.4 Å². The molecule has 0 radical (unpaired) electrons. The van der Waals surface area contributed by atoms with Crippen molar-refractivity contribution in [3.8, 4) is 5.75 Å². The molecule has 1 aromatic heterocycles. The molecule has 0 aliphatic carbocycles. The average Bonchev–Trinajstić information content (AvgIpc) is 3.18. The van der Waals surface area contributed by atoms with Crippen LogP contribution in [-0.2, 0) is 12.4 Å². The van der Waals surface area contributed by atoms with E-state index in [1.807, 2.05) is 24.3 Å². The first-order chi connectivity index (χ1) is 21.5. The average molecular weight is 656 g/mol. The van der Waals surface area contributed by atoms with Gasteiger partial charge in [-0.25, -0.2) is 4.79 Å². The van der Waals surface area contributed by atoms with E-state index in [1.165, 1.54) is 16.8 Å². The van der Waals surface area contributed by atoms with Crippen molar-refractivity contribution < 1.29 is 32.6 Å². The van der Waals surface area contributed by atoms with E-state index >= 15 is 0 Å². The number of carbonyl (C=O) groups is 2. The third kappa shape index (κ3) is 5.53. The minimum atomic E-state index is -4.82. The summed E-state index contributed by atoms with van der Waals surface area (Å²) in [4.78, 5) is 41.4. The largest absolute Gasteiger partial charge is 0.482 e. The van der Waals surface area contributed by atoms with E-state index < -0.39 is 59.2 Å². The van der Waals surface area contributed by atoms with Crippen molar-refractivity contribution in [1.82, 2.24) is 9.58 Å². The molecule has 1 N–H and O–H groups in total. The van der Waals surface area contributed by atoms with Crippen molar-refractivity contribution in [1.29, 1.82) is 0 Å². The van der Waals surface area contributed by atoms with Crippen LogP contribution in [0.1, 0.15) is 56.1 Å². The maximum absolute atomic E-state index is 14.3. The molecule has 1 amide bonds. The molecule has 232 valence electrons. The molecule has 6 rings (SSSR count). The van der Waals surface area contributed by atoms with Crippen LogP contribution in [0, 0.1) is 0 Å². The highest BCUT2D eigenvalue weighted by Gasteiger charge is 2.48. The van der Waals surface area contributed by atoms with E-state index in [2.05, 4.69) is 0 Å². The van der Waals surface area contributed by atoms with Crippen LogP contribution in [0.5, 0.6) is 5.75 Å².